The van der Waals surface area contributed by atoms with E-state index in [2.05, 4.69) is 41.5 Å². The molecule has 0 aliphatic carbocycles. The van der Waals surface area contributed by atoms with Crippen molar-refractivity contribution < 1.29 is 9.32 Å². The lowest BCUT2D eigenvalue weighted by Crippen LogP contribution is -2.38. The van der Waals surface area contributed by atoms with E-state index in [0.29, 0.717) is 24.7 Å². The van der Waals surface area contributed by atoms with Gasteiger partial charge in [0.2, 0.25) is 11.8 Å². The largest absolute Gasteiger partial charge is 0.356 e. The highest BCUT2D eigenvalue weighted by molar-refractivity contribution is 5.85. The van der Waals surface area contributed by atoms with Gasteiger partial charge in [0.15, 0.2) is 5.82 Å². The number of carbonyl (C=O) groups excluding carboxylic acids is 1. The van der Waals surface area contributed by atoms with Crippen molar-refractivity contribution >= 4 is 18.3 Å². The molecule has 0 radical (unpaired) electrons. The Bertz CT molecular complexity index is 479. The fraction of sp³-hybridized carbons (Fsp3) is 0.812. The minimum atomic E-state index is -0.104. The van der Waals surface area contributed by atoms with E-state index in [1.54, 1.807) is 0 Å². The highest BCUT2D eigenvalue weighted by Gasteiger charge is 2.20. The second-order valence-electron chi connectivity index (χ2n) is 7.13. The molecule has 7 heteroatoms. The van der Waals surface area contributed by atoms with E-state index >= 15 is 0 Å². The molecule has 1 amide bonds. The predicted octanol–water partition coefficient (Wildman–Crippen LogP) is 2.23. The number of nitrogens with one attached hydrogen (secondary N) is 2. The zero-order chi connectivity index (χ0) is 16.0. The first-order valence-corrected chi connectivity index (χ1v) is 8.25. The third kappa shape index (κ3) is 6.87. The molecule has 0 spiro atoms. The Morgan fingerprint density at radius 1 is 1.43 bits per heavy atom. The van der Waals surface area contributed by atoms with Gasteiger partial charge in [0, 0.05) is 24.8 Å². The zero-order valence-corrected chi connectivity index (χ0v) is 15.2. The van der Waals surface area contributed by atoms with Crippen molar-refractivity contribution in [3.05, 3.63) is 11.7 Å². The second kappa shape index (κ2) is 9.23. The summed E-state index contributed by atoms with van der Waals surface area (Å²) in [4.78, 5) is 16.2. The summed E-state index contributed by atoms with van der Waals surface area (Å²) in [6.07, 6.45) is 4.30. The number of carbonyl (C=O) groups is 1. The lowest BCUT2D eigenvalue weighted by atomic mass is 9.96. The molecular weight excluding hydrogens is 316 g/mol. The van der Waals surface area contributed by atoms with Crippen LogP contribution in [0, 0.1) is 5.92 Å². The molecule has 2 heterocycles. The van der Waals surface area contributed by atoms with Crippen molar-refractivity contribution in [3.63, 3.8) is 0 Å². The molecule has 132 valence electrons. The van der Waals surface area contributed by atoms with Crippen molar-refractivity contribution in [3.8, 4) is 0 Å². The smallest absolute Gasteiger partial charge is 0.226 e. The van der Waals surface area contributed by atoms with Crippen LogP contribution in [-0.4, -0.2) is 35.7 Å². The van der Waals surface area contributed by atoms with E-state index in [1.807, 2.05) is 0 Å². The fourth-order valence-corrected chi connectivity index (χ4v) is 2.51. The van der Waals surface area contributed by atoms with Crippen LogP contribution in [0.3, 0.4) is 0 Å². The van der Waals surface area contributed by atoms with E-state index in [0.717, 1.165) is 31.9 Å². The number of aryl methyl sites for hydroxylation is 1. The molecule has 1 unspecified atom stereocenters. The normalized spacial score (nSPS) is 18.3. The Morgan fingerprint density at radius 3 is 2.83 bits per heavy atom. The summed E-state index contributed by atoms with van der Waals surface area (Å²) in [5.74, 6) is 2.02. The molecule has 1 aliphatic heterocycles. The number of amides is 1. The first kappa shape index (κ1) is 19.9. The Hall–Kier alpha value is -1.14. The molecule has 2 rings (SSSR count). The van der Waals surface area contributed by atoms with E-state index in [-0.39, 0.29) is 23.7 Å². The molecule has 1 aromatic rings. The van der Waals surface area contributed by atoms with Crippen LogP contribution in [0.2, 0.25) is 0 Å². The summed E-state index contributed by atoms with van der Waals surface area (Å²) >= 11 is 0. The number of piperidine rings is 1. The summed E-state index contributed by atoms with van der Waals surface area (Å²) in [7, 11) is 0. The third-order valence-electron chi connectivity index (χ3n) is 3.92. The predicted molar refractivity (Wildman–Crippen MR) is 91.8 cm³/mol. The van der Waals surface area contributed by atoms with Gasteiger partial charge in [-0.25, -0.2) is 0 Å². The van der Waals surface area contributed by atoms with Gasteiger partial charge in [-0.2, -0.15) is 4.98 Å². The van der Waals surface area contributed by atoms with Crippen LogP contribution >= 0.6 is 12.4 Å². The van der Waals surface area contributed by atoms with Crippen LogP contribution in [0.4, 0.5) is 0 Å². The van der Waals surface area contributed by atoms with Gasteiger partial charge in [-0.3, -0.25) is 4.79 Å². The maximum atomic E-state index is 11.8. The zero-order valence-electron chi connectivity index (χ0n) is 14.4. The number of aromatic nitrogens is 2. The number of halogens is 1. The minimum Gasteiger partial charge on any atom is -0.356 e. The third-order valence-corrected chi connectivity index (χ3v) is 3.92. The van der Waals surface area contributed by atoms with Gasteiger partial charge in [0.1, 0.15) is 0 Å². The van der Waals surface area contributed by atoms with Gasteiger partial charge in [-0.15, -0.1) is 12.4 Å². The van der Waals surface area contributed by atoms with Crippen LogP contribution in [-0.2, 0) is 16.6 Å². The molecule has 0 bridgehead atoms. The van der Waals surface area contributed by atoms with Crippen LogP contribution < -0.4 is 10.6 Å². The number of rotatable bonds is 6. The molecule has 1 aromatic heterocycles. The second-order valence-corrected chi connectivity index (χ2v) is 7.13. The molecule has 1 fully saturated rings. The van der Waals surface area contributed by atoms with Crippen molar-refractivity contribution in [2.75, 3.05) is 19.6 Å². The molecule has 6 nitrogen and oxygen atoms in total. The Morgan fingerprint density at radius 2 is 2.22 bits per heavy atom. The van der Waals surface area contributed by atoms with Crippen molar-refractivity contribution in [2.24, 2.45) is 5.92 Å². The minimum absolute atomic E-state index is 0. The number of hydrogen-bond donors (Lipinski definition) is 2. The van der Waals surface area contributed by atoms with Gasteiger partial charge < -0.3 is 15.2 Å². The molecule has 1 aliphatic rings. The van der Waals surface area contributed by atoms with Gasteiger partial charge in [-0.1, -0.05) is 25.9 Å². The SMILES string of the molecule is CC(C)(C)c1noc(CCCC(=O)NCC2CCCNC2)n1.Cl. The lowest BCUT2D eigenvalue weighted by molar-refractivity contribution is -0.121. The standard InChI is InChI=1S/C16H28N4O2.ClH/c1-16(2,3)15-19-14(22-20-15)8-4-7-13(21)18-11-12-6-5-9-17-10-12;/h12,17H,4-11H2,1-3H3,(H,18,21);1H. The first-order chi connectivity index (χ1) is 10.4. The molecular formula is C16H29ClN4O2. The molecule has 1 atom stereocenters. The van der Waals surface area contributed by atoms with Crippen LogP contribution in [0.25, 0.3) is 0 Å². The number of nitrogens with zero attached hydrogens (tertiary/aromatic N) is 2. The monoisotopic (exact) mass is 344 g/mol. The van der Waals surface area contributed by atoms with Crippen LogP contribution in [0.5, 0.6) is 0 Å². The molecule has 23 heavy (non-hydrogen) atoms. The molecule has 1 saturated heterocycles. The maximum Gasteiger partial charge on any atom is 0.226 e. The van der Waals surface area contributed by atoms with Crippen molar-refractivity contribution in [2.45, 2.75) is 58.3 Å². The van der Waals surface area contributed by atoms with Gasteiger partial charge in [0.25, 0.3) is 0 Å². The van der Waals surface area contributed by atoms with Crippen molar-refractivity contribution in [1.29, 1.82) is 0 Å². The quantitative estimate of drug-likeness (QED) is 0.827. The maximum absolute atomic E-state index is 11.8. The highest BCUT2D eigenvalue weighted by atomic mass is 35.5. The Balaban J connectivity index is 0.00000264. The summed E-state index contributed by atoms with van der Waals surface area (Å²) in [6, 6.07) is 0. The first-order valence-electron chi connectivity index (χ1n) is 8.25. The Labute approximate surface area is 144 Å². The molecule has 0 saturated carbocycles. The average molecular weight is 345 g/mol. The molecule has 0 aromatic carbocycles. The Kier molecular flexibility index (Phi) is 7.99. The summed E-state index contributed by atoms with van der Waals surface area (Å²) in [6.45, 7) is 9.04. The van der Waals surface area contributed by atoms with E-state index < -0.39 is 0 Å². The van der Waals surface area contributed by atoms with Gasteiger partial charge in [-0.05, 0) is 38.3 Å². The fourth-order valence-electron chi connectivity index (χ4n) is 2.51. The highest BCUT2D eigenvalue weighted by Crippen LogP contribution is 2.18. The lowest BCUT2D eigenvalue weighted by Gasteiger charge is -2.22. The number of hydrogen-bond acceptors (Lipinski definition) is 5. The molecule has 2 N–H and O–H groups in total. The average Bonchev–Trinajstić information content (AvgIpc) is 2.95. The van der Waals surface area contributed by atoms with E-state index in [9.17, 15) is 4.79 Å². The summed E-state index contributed by atoms with van der Waals surface area (Å²) < 4.78 is 5.23. The van der Waals surface area contributed by atoms with Gasteiger partial charge >= 0.3 is 0 Å². The van der Waals surface area contributed by atoms with E-state index in [4.69, 9.17) is 4.52 Å². The topological polar surface area (TPSA) is 80.0 Å². The van der Waals surface area contributed by atoms with Crippen molar-refractivity contribution in [1.82, 2.24) is 20.8 Å². The summed E-state index contributed by atoms with van der Waals surface area (Å²) in [5, 5.41) is 10.4. The van der Waals surface area contributed by atoms with Gasteiger partial charge in [0.05, 0.1) is 0 Å². The van der Waals surface area contributed by atoms with Crippen LogP contribution in [0.1, 0.15) is 58.2 Å². The van der Waals surface area contributed by atoms with E-state index in [1.165, 1.54) is 12.8 Å². The van der Waals surface area contributed by atoms with Crippen LogP contribution in [0.15, 0.2) is 4.52 Å². The summed E-state index contributed by atoms with van der Waals surface area (Å²) in [5.41, 5.74) is -0.104.